The van der Waals surface area contributed by atoms with E-state index in [1.165, 1.54) is 62.4 Å². The maximum absolute atomic E-state index is 5.98. The molecule has 1 heterocycles. The largest absolute Gasteiger partial charge is 0.493 e. The Morgan fingerprint density at radius 3 is 2.25 bits per heavy atom. The van der Waals surface area contributed by atoms with Crippen molar-refractivity contribution in [1.82, 2.24) is 0 Å². The van der Waals surface area contributed by atoms with E-state index >= 15 is 0 Å². The van der Waals surface area contributed by atoms with Gasteiger partial charge in [0.15, 0.2) is 0 Å². The minimum atomic E-state index is -0.159. The second kappa shape index (κ2) is 9.06. The van der Waals surface area contributed by atoms with Crippen LogP contribution in [0.5, 0.6) is 0 Å². The number of rotatable bonds is 6. The third kappa shape index (κ3) is 4.86. The van der Waals surface area contributed by atoms with Crippen LogP contribution in [0.25, 0.3) is 0 Å². The third-order valence-corrected chi connectivity index (χ3v) is 5.88. The van der Waals surface area contributed by atoms with Gasteiger partial charge in [0, 0.05) is 19.1 Å². The SMILES string of the molecule is CCCCCC1COB(c2ccc(C3CCC(C)CC3)cc2)OC1. The summed E-state index contributed by atoms with van der Waals surface area (Å²) in [5.41, 5.74) is 2.67. The average molecular weight is 328 g/mol. The van der Waals surface area contributed by atoms with Crippen LogP contribution in [-0.4, -0.2) is 20.3 Å². The Kier molecular flexibility index (Phi) is 6.80. The molecule has 132 valence electrons. The van der Waals surface area contributed by atoms with Crippen molar-refractivity contribution < 1.29 is 9.31 Å². The number of benzene rings is 1. The lowest BCUT2D eigenvalue weighted by Crippen LogP contribution is -2.44. The van der Waals surface area contributed by atoms with Crippen LogP contribution in [0.2, 0.25) is 0 Å². The summed E-state index contributed by atoms with van der Waals surface area (Å²) < 4.78 is 12.0. The zero-order valence-electron chi connectivity index (χ0n) is 15.5. The summed E-state index contributed by atoms with van der Waals surface area (Å²) in [5, 5.41) is 0. The molecule has 0 amide bonds. The van der Waals surface area contributed by atoms with Crippen LogP contribution in [0.4, 0.5) is 0 Å². The molecule has 1 aromatic rings. The molecule has 1 aliphatic heterocycles. The fourth-order valence-electron chi connectivity index (χ4n) is 4.10. The van der Waals surface area contributed by atoms with E-state index in [9.17, 15) is 0 Å². The second-order valence-electron chi connectivity index (χ2n) is 7.98. The van der Waals surface area contributed by atoms with Gasteiger partial charge in [0.25, 0.3) is 0 Å². The van der Waals surface area contributed by atoms with Gasteiger partial charge in [-0.15, -0.1) is 0 Å². The zero-order chi connectivity index (χ0) is 16.8. The second-order valence-corrected chi connectivity index (χ2v) is 7.98. The molecule has 3 heteroatoms. The molecular weight excluding hydrogens is 295 g/mol. The Balaban J connectivity index is 1.48. The van der Waals surface area contributed by atoms with Crippen LogP contribution in [0, 0.1) is 11.8 Å². The third-order valence-electron chi connectivity index (χ3n) is 5.88. The van der Waals surface area contributed by atoms with E-state index in [4.69, 9.17) is 9.31 Å². The lowest BCUT2D eigenvalue weighted by atomic mass is 9.75. The van der Waals surface area contributed by atoms with E-state index < -0.39 is 0 Å². The van der Waals surface area contributed by atoms with Gasteiger partial charge in [-0.1, -0.05) is 70.2 Å². The molecule has 0 spiro atoms. The van der Waals surface area contributed by atoms with E-state index in [1.807, 2.05) is 0 Å². The smallest absolute Gasteiger partial charge is 0.407 e. The summed E-state index contributed by atoms with van der Waals surface area (Å²) in [7, 11) is -0.159. The first-order valence-electron chi connectivity index (χ1n) is 10.1. The molecule has 1 aliphatic carbocycles. The van der Waals surface area contributed by atoms with E-state index in [-0.39, 0.29) is 7.12 Å². The van der Waals surface area contributed by atoms with Crippen molar-refractivity contribution in [3.8, 4) is 0 Å². The molecule has 1 saturated carbocycles. The molecule has 0 aromatic heterocycles. The zero-order valence-corrected chi connectivity index (χ0v) is 15.5. The number of hydrogen-bond acceptors (Lipinski definition) is 2. The lowest BCUT2D eigenvalue weighted by Gasteiger charge is -2.28. The highest BCUT2D eigenvalue weighted by Gasteiger charge is 2.29. The topological polar surface area (TPSA) is 18.5 Å². The van der Waals surface area contributed by atoms with Crippen molar-refractivity contribution in [2.45, 2.75) is 71.1 Å². The standard InChI is InChI=1S/C21H33BO2/c1-3-4-5-6-18-15-23-22(24-16-18)21-13-11-20(12-14-21)19-9-7-17(2)8-10-19/h11-14,17-19H,3-10,15-16H2,1-2H3. The predicted molar refractivity (Wildman–Crippen MR) is 102 cm³/mol. The van der Waals surface area contributed by atoms with Crippen molar-refractivity contribution in [1.29, 1.82) is 0 Å². The van der Waals surface area contributed by atoms with Gasteiger partial charge in [0.05, 0.1) is 0 Å². The molecular formula is C21H33BO2. The van der Waals surface area contributed by atoms with Crippen molar-refractivity contribution in [2.24, 2.45) is 11.8 Å². The fourth-order valence-corrected chi connectivity index (χ4v) is 4.10. The molecule has 0 unspecified atom stereocenters. The van der Waals surface area contributed by atoms with Gasteiger partial charge in [0.2, 0.25) is 0 Å². The van der Waals surface area contributed by atoms with Gasteiger partial charge in [-0.05, 0) is 42.1 Å². The summed E-state index contributed by atoms with van der Waals surface area (Å²) in [4.78, 5) is 0. The first-order chi connectivity index (χ1) is 11.8. The molecule has 0 bridgehead atoms. The Bertz CT molecular complexity index is 471. The first kappa shape index (κ1) is 18.0. The average Bonchev–Trinajstić information content (AvgIpc) is 2.63. The van der Waals surface area contributed by atoms with Gasteiger partial charge in [-0.2, -0.15) is 0 Å². The molecule has 2 aliphatic rings. The summed E-state index contributed by atoms with van der Waals surface area (Å²) >= 11 is 0. The van der Waals surface area contributed by atoms with Crippen LogP contribution in [0.15, 0.2) is 24.3 Å². The normalized spacial score (nSPS) is 25.8. The molecule has 1 aromatic carbocycles. The molecule has 0 N–H and O–H groups in total. The van der Waals surface area contributed by atoms with Crippen LogP contribution in [-0.2, 0) is 9.31 Å². The van der Waals surface area contributed by atoms with Gasteiger partial charge < -0.3 is 9.31 Å². The van der Waals surface area contributed by atoms with Crippen molar-refractivity contribution in [3.05, 3.63) is 29.8 Å². The first-order valence-corrected chi connectivity index (χ1v) is 10.1. The van der Waals surface area contributed by atoms with Crippen LogP contribution in [0.3, 0.4) is 0 Å². The van der Waals surface area contributed by atoms with Crippen molar-refractivity contribution in [3.63, 3.8) is 0 Å². The van der Waals surface area contributed by atoms with Crippen molar-refractivity contribution >= 4 is 12.6 Å². The summed E-state index contributed by atoms with van der Waals surface area (Å²) in [6, 6.07) is 9.04. The molecule has 2 nitrogen and oxygen atoms in total. The highest BCUT2D eigenvalue weighted by Crippen LogP contribution is 2.35. The van der Waals surface area contributed by atoms with Gasteiger partial charge in [0.1, 0.15) is 0 Å². The molecule has 1 saturated heterocycles. The van der Waals surface area contributed by atoms with Gasteiger partial charge >= 0.3 is 7.12 Å². The fraction of sp³-hybridized carbons (Fsp3) is 0.714. The van der Waals surface area contributed by atoms with E-state index in [0.717, 1.165) is 25.0 Å². The van der Waals surface area contributed by atoms with Gasteiger partial charge in [-0.25, -0.2) is 0 Å². The van der Waals surface area contributed by atoms with Crippen LogP contribution < -0.4 is 5.46 Å². The van der Waals surface area contributed by atoms with E-state index in [2.05, 4.69) is 38.1 Å². The van der Waals surface area contributed by atoms with E-state index in [0.29, 0.717) is 5.92 Å². The summed E-state index contributed by atoms with van der Waals surface area (Å²) in [5.74, 6) is 2.25. The highest BCUT2D eigenvalue weighted by atomic mass is 16.6. The summed E-state index contributed by atoms with van der Waals surface area (Å²) in [6.07, 6.45) is 10.6. The predicted octanol–water partition coefficient (Wildman–Crippen LogP) is 4.92. The molecule has 0 atom stereocenters. The molecule has 3 rings (SSSR count). The quantitative estimate of drug-likeness (QED) is 0.545. The molecule has 2 fully saturated rings. The minimum absolute atomic E-state index is 0.159. The lowest BCUT2D eigenvalue weighted by molar-refractivity contribution is 0.0811. The molecule has 24 heavy (non-hydrogen) atoms. The van der Waals surface area contributed by atoms with Crippen LogP contribution in [0.1, 0.15) is 76.7 Å². The number of hydrogen-bond donors (Lipinski definition) is 0. The molecule has 0 radical (unpaired) electrons. The van der Waals surface area contributed by atoms with Gasteiger partial charge in [-0.3, -0.25) is 0 Å². The maximum Gasteiger partial charge on any atom is 0.493 e. The summed E-state index contributed by atoms with van der Waals surface area (Å²) in [6.45, 7) is 6.32. The van der Waals surface area contributed by atoms with E-state index in [1.54, 1.807) is 0 Å². The van der Waals surface area contributed by atoms with Crippen molar-refractivity contribution in [2.75, 3.05) is 13.2 Å². The maximum atomic E-state index is 5.98. The van der Waals surface area contributed by atoms with Crippen LogP contribution >= 0.6 is 0 Å². The number of unbranched alkanes of at least 4 members (excludes halogenated alkanes) is 2. The Morgan fingerprint density at radius 2 is 1.62 bits per heavy atom. The Labute approximate surface area is 148 Å². The minimum Gasteiger partial charge on any atom is -0.407 e. The Hall–Kier alpha value is -0.795. The highest BCUT2D eigenvalue weighted by molar-refractivity contribution is 6.61. The monoisotopic (exact) mass is 328 g/mol. The Morgan fingerprint density at radius 1 is 0.958 bits per heavy atom.